The molecule has 1 amide bonds. The van der Waals surface area contributed by atoms with Crippen molar-refractivity contribution < 1.29 is 17.9 Å². The zero-order valence-electron chi connectivity index (χ0n) is 24.7. The molecular weight excluding hydrogens is 631 g/mol. The van der Waals surface area contributed by atoms with Crippen LogP contribution in [0.15, 0.2) is 113 Å². The van der Waals surface area contributed by atoms with Gasteiger partial charge in [-0.2, -0.15) is 5.10 Å². The number of amides is 1. The van der Waals surface area contributed by atoms with Crippen LogP contribution in [0.2, 0.25) is 10.0 Å². The maximum Gasteiger partial charge on any atom is 0.273 e. The van der Waals surface area contributed by atoms with Crippen molar-refractivity contribution >= 4 is 51.0 Å². The summed E-state index contributed by atoms with van der Waals surface area (Å²) in [6, 6.07) is 29.2. The molecule has 5 rings (SSSR count). The molecule has 8 nitrogen and oxygen atoms in total. The second-order valence-electron chi connectivity index (χ2n) is 10.1. The fourth-order valence-corrected chi connectivity index (χ4v) is 6.73. The number of rotatable bonds is 10. The molecule has 0 spiro atoms. The number of aromatic nitrogens is 1. The number of hydrazone groups is 1. The van der Waals surface area contributed by atoms with E-state index in [1.54, 1.807) is 54.7 Å². The number of anilines is 1. The fraction of sp³-hybridized carbons (Fsp3) is 0.118. The molecule has 0 radical (unpaired) electrons. The number of methoxy groups -OCH3 is 1. The molecule has 1 aromatic heterocycles. The first-order valence-electron chi connectivity index (χ1n) is 13.9. The van der Waals surface area contributed by atoms with E-state index in [1.807, 2.05) is 60.9 Å². The lowest BCUT2D eigenvalue weighted by molar-refractivity contribution is 0.0955. The SMILES string of the molecule is COc1ccc(S(=O)(=O)N(Cc2ccccc2)c2ccccc2C(=O)N/N=C\c2cc(C)n(-c3ccc(Cl)c(Cl)c3)c2C)cc1. The van der Waals surface area contributed by atoms with Crippen LogP contribution in [0.5, 0.6) is 5.75 Å². The summed E-state index contributed by atoms with van der Waals surface area (Å²) in [6.45, 7) is 3.88. The van der Waals surface area contributed by atoms with E-state index in [0.29, 0.717) is 15.8 Å². The van der Waals surface area contributed by atoms with E-state index >= 15 is 0 Å². The second kappa shape index (κ2) is 13.6. The average Bonchev–Trinajstić information content (AvgIpc) is 3.33. The normalized spacial score (nSPS) is 11.5. The minimum absolute atomic E-state index is 0.00344. The van der Waals surface area contributed by atoms with E-state index < -0.39 is 15.9 Å². The lowest BCUT2D eigenvalue weighted by atomic mass is 10.1. The van der Waals surface area contributed by atoms with Gasteiger partial charge in [0, 0.05) is 22.6 Å². The summed E-state index contributed by atoms with van der Waals surface area (Å²) in [5, 5.41) is 5.12. The Morgan fingerprint density at radius 3 is 2.29 bits per heavy atom. The van der Waals surface area contributed by atoms with Crippen molar-refractivity contribution in [1.29, 1.82) is 0 Å². The Bertz CT molecular complexity index is 1980. The molecule has 0 saturated heterocycles. The Kier molecular flexibility index (Phi) is 9.63. The molecular formula is C34H30Cl2N4O4S. The molecule has 0 aliphatic rings. The maximum absolute atomic E-state index is 14.0. The van der Waals surface area contributed by atoms with Crippen LogP contribution in [0, 0.1) is 13.8 Å². The van der Waals surface area contributed by atoms with Crippen molar-refractivity contribution in [3.63, 3.8) is 0 Å². The molecule has 4 aromatic carbocycles. The van der Waals surface area contributed by atoms with Gasteiger partial charge in [0.15, 0.2) is 0 Å². The van der Waals surface area contributed by atoms with E-state index in [2.05, 4.69) is 10.5 Å². The van der Waals surface area contributed by atoms with Gasteiger partial charge in [0.05, 0.1) is 46.1 Å². The summed E-state index contributed by atoms with van der Waals surface area (Å²) in [6.07, 6.45) is 1.55. The summed E-state index contributed by atoms with van der Waals surface area (Å²) < 4.78 is 36.5. The number of ether oxygens (including phenoxy) is 1. The first-order valence-corrected chi connectivity index (χ1v) is 16.1. The van der Waals surface area contributed by atoms with Crippen molar-refractivity contribution in [3.8, 4) is 11.4 Å². The molecule has 0 fully saturated rings. The van der Waals surface area contributed by atoms with Crippen LogP contribution in [0.4, 0.5) is 5.69 Å². The van der Waals surface area contributed by atoms with Gasteiger partial charge in [0.2, 0.25) is 0 Å². The summed E-state index contributed by atoms with van der Waals surface area (Å²) in [5.74, 6) is -0.0398. The molecule has 0 bridgehead atoms. The van der Waals surface area contributed by atoms with Crippen LogP contribution in [-0.2, 0) is 16.6 Å². The number of carbonyl (C=O) groups is 1. The number of hydrogen-bond acceptors (Lipinski definition) is 5. The molecule has 230 valence electrons. The quantitative estimate of drug-likeness (QED) is 0.124. The number of carbonyl (C=O) groups excluding carboxylic acids is 1. The summed E-state index contributed by atoms with van der Waals surface area (Å²) in [5.41, 5.74) is 7.11. The lowest BCUT2D eigenvalue weighted by Crippen LogP contribution is -2.33. The van der Waals surface area contributed by atoms with Gasteiger partial charge in [-0.1, -0.05) is 65.7 Å². The van der Waals surface area contributed by atoms with Gasteiger partial charge >= 0.3 is 0 Å². The van der Waals surface area contributed by atoms with Crippen LogP contribution in [0.3, 0.4) is 0 Å². The van der Waals surface area contributed by atoms with Crippen molar-refractivity contribution in [3.05, 3.63) is 141 Å². The Morgan fingerprint density at radius 1 is 0.911 bits per heavy atom. The van der Waals surface area contributed by atoms with Crippen LogP contribution < -0.4 is 14.5 Å². The van der Waals surface area contributed by atoms with E-state index in [-0.39, 0.29) is 22.7 Å². The molecule has 45 heavy (non-hydrogen) atoms. The summed E-state index contributed by atoms with van der Waals surface area (Å²) in [4.78, 5) is 13.6. The molecule has 0 saturated carbocycles. The number of nitrogens with zero attached hydrogens (tertiary/aromatic N) is 3. The monoisotopic (exact) mass is 660 g/mol. The summed E-state index contributed by atoms with van der Waals surface area (Å²) in [7, 11) is -2.59. The van der Waals surface area contributed by atoms with Crippen molar-refractivity contribution in [2.75, 3.05) is 11.4 Å². The van der Waals surface area contributed by atoms with Crippen LogP contribution >= 0.6 is 23.2 Å². The zero-order valence-corrected chi connectivity index (χ0v) is 27.1. The van der Waals surface area contributed by atoms with Gasteiger partial charge < -0.3 is 9.30 Å². The maximum atomic E-state index is 14.0. The highest BCUT2D eigenvalue weighted by molar-refractivity contribution is 7.92. The minimum atomic E-state index is -4.10. The highest BCUT2D eigenvalue weighted by atomic mass is 35.5. The Balaban J connectivity index is 1.45. The topological polar surface area (TPSA) is 93.0 Å². The Labute approximate surface area is 272 Å². The standard InChI is InChI=1S/C34H30Cl2N4O4S/c1-23-19-26(24(2)40(23)27-13-18-31(35)32(36)20-27)21-37-38-34(41)30-11-7-8-12-33(30)39(22-25-9-5-4-6-10-25)45(42,43)29-16-14-28(44-3)15-17-29/h4-21H,22H2,1-3H3,(H,38,41)/b37-21-. The van der Waals surface area contributed by atoms with Gasteiger partial charge in [-0.15, -0.1) is 0 Å². The zero-order chi connectivity index (χ0) is 32.1. The van der Waals surface area contributed by atoms with Crippen LogP contribution in [-0.4, -0.2) is 32.2 Å². The molecule has 0 aliphatic heterocycles. The van der Waals surface area contributed by atoms with Gasteiger partial charge in [-0.25, -0.2) is 13.8 Å². The molecule has 1 N–H and O–H groups in total. The van der Waals surface area contributed by atoms with E-state index in [9.17, 15) is 13.2 Å². The molecule has 0 unspecified atom stereocenters. The number of nitrogens with one attached hydrogen (secondary N) is 1. The highest BCUT2D eigenvalue weighted by Crippen LogP contribution is 2.31. The molecule has 5 aromatic rings. The Hall–Kier alpha value is -4.57. The number of aryl methyl sites for hydroxylation is 1. The van der Waals surface area contributed by atoms with Gasteiger partial charge in [0.1, 0.15) is 5.75 Å². The molecule has 11 heteroatoms. The number of benzene rings is 4. The third-order valence-corrected chi connectivity index (χ3v) is 9.75. The van der Waals surface area contributed by atoms with Gasteiger partial charge in [0.25, 0.3) is 15.9 Å². The summed E-state index contributed by atoms with van der Waals surface area (Å²) >= 11 is 12.3. The number of halogens is 2. The van der Waals surface area contributed by atoms with E-state index in [4.69, 9.17) is 27.9 Å². The highest BCUT2D eigenvalue weighted by Gasteiger charge is 2.28. The van der Waals surface area contributed by atoms with Crippen LogP contribution in [0.25, 0.3) is 5.69 Å². The molecule has 0 aliphatic carbocycles. The largest absolute Gasteiger partial charge is 0.497 e. The Morgan fingerprint density at radius 2 is 1.60 bits per heavy atom. The first kappa shape index (κ1) is 31.8. The minimum Gasteiger partial charge on any atom is -0.497 e. The fourth-order valence-electron chi connectivity index (χ4n) is 4.97. The van der Waals surface area contributed by atoms with Gasteiger partial charge in [-0.05, 0) is 80.1 Å². The molecule has 0 atom stereocenters. The van der Waals surface area contributed by atoms with Crippen molar-refractivity contribution in [2.24, 2.45) is 5.10 Å². The first-order chi connectivity index (χ1) is 21.6. The number of para-hydroxylation sites is 1. The van der Waals surface area contributed by atoms with Crippen molar-refractivity contribution in [1.82, 2.24) is 9.99 Å². The van der Waals surface area contributed by atoms with Gasteiger partial charge in [-0.3, -0.25) is 9.10 Å². The predicted octanol–water partition coefficient (Wildman–Crippen LogP) is 7.57. The molecule has 1 heterocycles. The third-order valence-electron chi connectivity index (χ3n) is 7.24. The second-order valence-corrected chi connectivity index (χ2v) is 12.8. The number of sulfonamides is 1. The number of hydrogen-bond donors (Lipinski definition) is 1. The average molecular weight is 662 g/mol. The van der Waals surface area contributed by atoms with Crippen LogP contribution in [0.1, 0.15) is 32.9 Å². The van der Waals surface area contributed by atoms with Crippen molar-refractivity contribution in [2.45, 2.75) is 25.3 Å². The lowest BCUT2D eigenvalue weighted by Gasteiger charge is -2.26. The third kappa shape index (κ3) is 6.91. The predicted molar refractivity (Wildman–Crippen MR) is 180 cm³/mol. The van der Waals surface area contributed by atoms with E-state index in [0.717, 1.165) is 28.2 Å². The van der Waals surface area contributed by atoms with E-state index in [1.165, 1.54) is 23.5 Å². The smallest absolute Gasteiger partial charge is 0.273 e.